The lowest BCUT2D eigenvalue weighted by Crippen LogP contribution is -2.27. The van der Waals surface area contributed by atoms with Crippen LogP contribution in [0.5, 0.6) is 0 Å². The Morgan fingerprint density at radius 1 is 1.23 bits per heavy atom. The standard InChI is InChI=1S/C23H19N7O/c1-13(16-4-2-3-14(9-16)12-24)28-23(31)22-29-19-10-17(18(25)11-20(19)30-22)21(26)15-5-7-27-8-6-15/h2-11,13,26H,25H2,1H3,(H,28,31)(H,29,30). The number of nitrogen functional groups attached to an aromatic ring is 1. The number of hydrogen-bond acceptors (Lipinski definition) is 6. The zero-order valence-electron chi connectivity index (χ0n) is 16.7. The van der Waals surface area contributed by atoms with E-state index in [4.69, 9.17) is 16.4 Å². The van der Waals surface area contributed by atoms with Crippen molar-refractivity contribution in [3.63, 3.8) is 0 Å². The van der Waals surface area contributed by atoms with Gasteiger partial charge in [-0.15, -0.1) is 0 Å². The summed E-state index contributed by atoms with van der Waals surface area (Å²) in [6, 6.07) is 15.7. The van der Waals surface area contributed by atoms with Crippen molar-refractivity contribution in [3.8, 4) is 6.07 Å². The van der Waals surface area contributed by atoms with Crippen molar-refractivity contribution in [3.05, 3.63) is 89.0 Å². The minimum Gasteiger partial charge on any atom is -0.398 e. The number of carbonyl (C=O) groups excluding carboxylic acids is 1. The predicted molar refractivity (Wildman–Crippen MR) is 118 cm³/mol. The number of hydrogen-bond donors (Lipinski definition) is 4. The summed E-state index contributed by atoms with van der Waals surface area (Å²) in [6.45, 7) is 1.84. The highest BCUT2D eigenvalue weighted by Gasteiger charge is 2.17. The summed E-state index contributed by atoms with van der Waals surface area (Å²) in [5.74, 6) is -0.235. The molecule has 2 heterocycles. The van der Waals surface area contributed by atoms with Gasteiger partial charge < -0.3 is 16.0 Å². The van der Waals surface area contributed by atoms with Crippen molar-refractivity contribution in [1.29, 1.82) is 10.7 Å². The molecule has 0 aliphatic carbocycles. The van der Waals surface area contributed by atoms with E-state index in [1.54, 1.807) is 54.9 Å². The molecule has 0 fully saturated rings. The number of fused-ring (bicyclic) bond motifs is 1. The SMILES string of the molecule is CC(NC(=O)c1nc2cc(N)c(C(=N)c3ccncc3)cc2[nH]1)c1cccc(C#N)c1. The Morgan fingerprint density at radius 2 is 2.00 bits per heavy atom. The number of nitriles is 1. The molecule has 4 rings (SSSR count). The number of nitrogens with two attached hydrogens (primary N) is 1. The molecule has 1 amide bonds. The molecule has 152 valence electrons. The summed E-state index contributed by atoms with van der Waals surface area (Å²) in [4.78, 5) is 24.0. The number of aromatic nitrogens is 3. The molecular weight excluding hydrogens is 390 g/mol. The average Bonchev–Trinajstić information content (AvgIpc) is 3.21. The van der Waals surface area contributed by atoms with Gasteiger partial charge in [-0.05, 0) is 48.9 Å². The van der Waals surface area contributed by atoms with E-state index < -0.39 is 0 Å². The molecule has 0 spiro atoms. The highest BCUT2D eigenvalue weighted by atomic mass is 16.2. The first kappa shape index (κ1) is 19.8. The van der Waals surface area contributed by atoms with Gasteiger partial charge in [0, 0.05) is 29.2 Å². The Kier molecular flexibility index (Phi) is 5.16. The molecule has 2 aromatic carbocycles. The average molecular weight is 409 g/mol. The number of H-pyrrole nitrogens is 1. The van der Waals surface area contributed by atoms with E-state index >= 15 is 0 Å². The van der Waals surface area contributed by atoms with E-state index in [1.165, 1.54) is 0 Å². The molecule has 1 atom stereocenters. The Hall–Kier alpha value is -4.51. The number of nitrogens with zero attached hydrogens (tertiary/aromatic N) is 3. The number of imidazole rings is 1. The molecule has 0 aliphatic heterocycles. The van der Waals surface area contributed by atoms with Gasteiger partial charge >= 0.3 is 0 Å². The molecule has 1 unspecified atom stereocenters. The highest BCUT2D eigenvalue weighted by Crippen LogP contribution is 2.23. The van der Waals surface area contributed by atoms with Gasteiger partial charge in [-0.3, -0.25) is 15.2 Å². The van der Waals surface area contributed by atoms with Crippen LogP contribution in [0.2, 0.25) is 0 Å². The molecule has 0 saturated carbocycles. The van der Waals surface area contributed by atoms with Gasteiger partial charge in [0.05, 0.1) is 34.4 Å². The Morgan fingerprint density at radius 3 is 2.74 bits per heavy atom. The van der Waals surface area contributed by atoms with Crippen LogP contribution in [0.15, 0.2) is 60.9 Å². The van der Waals surface area contributed by atoms with E-state index in [-0.39, 0.29) is 23.5 Å². The van der Waals surface area contributed by atoms with Crippen LogP contribution >= 0.6 is 0 Å². The highest BCUT2D eigenvalue weighted by molar-refractivity contribution is 6.15. The topological polar surface area (TPSA) is 144 Å². The fourth-order valence-corrected chi connectivity index (χ4v) is 3.30. The third-order valence-corrected chi connectivity index (χ3v) is 4.97. The lowest BCUT2D eigenvalue weighted by Gasteiger charge is -2.13. The van der Waals surface area contributed by atoms with Gasteiger partial charge in [0.1, 0.15) is 0 Å². The number of anilines is 1. The van der Waals surface area contributed by atoms with Crippen LogP contribution in [0, 0.1) is 16.7 Å². The van der Waals surface area contributed by atoms with Gasteiger partial charge in [-0.2, -0.15) is 5.26 Å². The zero-order chi connectivity index (χ0) is 22.0. The maximum Gasteiger partial charge on any atom is 0.287 e. The van der Waals surface area contributed by atoms with Gasteiger partial charge in [0.15, 0.2) is 5.82 Å². The molecule has 0 bridgehead atoms. The fourth-order valence-electron chi connectivity index (χ4n) is 3.30. The maximum atomic E-state index is 12.7. The van der Waals surface area contributed by atoms with E-state index in [9.17, 15) is 4.79 Å². The van der Waals surface area contributed by atoms with Crippen LogP contribution in [-0.4, -0.2) is 26.6 Å². The van der Waals surface area contributed by atoms with Crippen molar-refractivity contribution in [2.75, 3.05) is 5.73 Å². The van der Waals surface area contributed by atoms with E-state index in [0.717, 1.165) is 5.56 Å². The van der Waals surface area contributed by atoms with Crippen molar-refractivity contribution in [2.45, 2.75) is 13.0 Å². The van der Waals surface area contributed by atoms with Crippen molar-refractivity contribution in [2.24, 2.45) is 0 Å². The molecule has 0 radical (unpaired) electrons. The normalized spacial score (nSPS) is 11.6. The summed E-state index contributed by atoms with van der Waals surface area (Å²) in [5.41, 5.74) is 10.5. The Balaban J connectivity index is 1.59. The second-order valence-corrected chi connectivity index (χ2v) is 7.09. The van der Waals surface area contributed by atoms with E-state index in [1.807, 2.05) is 13.0 Å². The second-order valence-electron chi connectivity index (χ2n) is 7.09. The van der Waals surface area contributed by atoms with Crippen LogP contribution in [-0.2, 0) is 0 Å². The third kappa shape index (κ3) is 3.97. The molecule has 5 N–H and O–H groups in total. The molecule has 2 aromatic heterocycles. The number of nitrogens with one attached hydrogen (secondary N) is 3. The number of amides is 1. The Labute approximate surface area is 178 Å². The van der Waals surface area contributed by atoms with Gasteiger partial charge in [0.2, 0.25) is 0 Å². The van der Waals surface area contributed by atoms with Crippen LogP contribution < -0.4 is 11.1 Å². The van der Waals surface area contributed by atoms with E-state index in [2.05, 4.69) is 26.3 Å². The molecule has 31 heavy (non-hydrogen) atoms. The number of rotatable bonds is 5. The van der Waals surface area contributed by atoms with Gasteiger partial charge in [-0.1, -0.05) is 12.1 Å². The first-order chi connectivity index (χ1) is 15.0. The van der Waals surface area contributed by atoms with Crippen molar-refractivity contribution < 1.29 is 4.79 Å². The van der Waals surface area contributed by atoms with Crippen molar-refractivity contribution >= 4 is 28.3 Å². The number of benzene rings is 2. The molecule has 4 aromatic rings. The number of aromatic amines is 1. The van der Waals surface area contributed by atoms with Gasteiger partial charge in [0.25, 0.3) is 5.91 Å². The summed E-state index contributed by atoms with van der Waals surface area (Å²) >= 11 is 0. The lowest BCUT2D eigenvalue weighted by molar-refractivity contribution is 0.0930. The largest absolute Gasteiger partial charge is 0.398 e. The lowest BCUT2D eigenvalue weighted by atomic mass is 10.0. The number of carbonyl (C=O) groups is 1. The zero-order valence-corrected chi connectivity index (χ0v) is 16.7. The minimum atomic E-state index is -0.379. The van der Waals surface area contributed by atoms with Gasteiger partial charge in [-0.25, -0.2) is 4.98 Å². The molecular formula is C23H19N7O. The third-order valence-electron chi connectivity index (χ3n) is 4.97. The summed E-state index contributed by atoms with van der Waals surface area (Å²) in [6.07, 6.45) is 3.23. The summed E-state index contributed by atoms with van der Waals surface area (Å²) in [7, 11) is 0. The minimum absolute atomic E-state index is 0.144. The molecule has 8 nitrogen and oxygen atoms in total. The second kappa shape index (κ2) is 8.08. The molecule has 8 heteroatoms. The molecule has 0 aliphatic rings. The summed E-state index contributed by atoms with van der Waals surface area (Å²) < 4.78 is 0. The van der Waals surface area contributed by atoms with Crippen LogP contribution in [0.4, 0.5) is 5.69 Å². The first-order valence-corrected chi connectivity index (χ1v) is 9.55. The smallest absolute Gasteiger partial charge is 0.287 e. The van der Waals surface area contributed by atoms with Crippen molar-refractivity contribution in [1.82, 2.24) is 20.3 Å². The van der Waals surface area contributed by atoms with E-state index in [0.29, 0.717) is 33.4 Å². The Bertz CT molecular complexity index is 1340. The predicted octanol–water partition coefficient (Wildman–Crippen LogP) is 3.32. The van der Waals surface area contributed by atoms with Crippen LogP contribution in [0.25, 0.3) is 11.0 Å². The number of pyridine rings is 1. The maximum absolute atomic E-state index is 12.7. The molecule has 0 saturated heterocycles. The monoisotopic (exact) mass is 409 g/mol. The fraction of sp³-hybridized carbons (Fsp3) is 0.0870. The van der Waals surface area contributed by atoms with Crippen LogP contribution in [0.1, 0.15) is 45.8 Å². The van der Waals surface area contributed by atoms with Crippen LogP contribution in [0.3, 0.4) is 0 Å². The first-order valence-electron chi connectivity index (χ1n) is 9.55. The quantitative estimate of drug-likeness (QED) is 0.295. The summed E-state index contributed by atoms with van der Waals surface area (Å²) in [5, 5.41) is 20.4.